The van der Waals surface area contributed by atoms with Gasteiger partial charge in [-0.25, -0.2) is 0 Å². The molecule has 0 saturated heterocycles. The number of Topliss-reactive ketones (excluding diaryl/α,β-unsaturated/α-hetero) is 1. The Morgan fingerprint density at radius 1 is 1.05 bits per heavy atom. The molecule has 0 radical (unpaired) electrons. The fourth-order valence-corrected chi connectivity index (χ4v) is 3.12. The lowest BCUT2D eigenvalue weighted by Crippen LogP contribution is -2.33. The van der Waals surface area contributed by atoms with Crippen LogP contribution in [0.15, 0.2) is 54.6 Å². The van der Waals surface area contributed by atoms with E-state index in [4.69, 9.17) is 5.73 Å². The van der Waals surface area contributed by atoms with Crippen molar-refractivity contribution >= 4 is 11.5 Å². The SMILES string of the molecule is NC1CNc2ccccc2CCC(C(=O)c2ccccc2)C1. The average Bonchev–Trinajstić information content (AvgIpc) is 2.65. The maximum atomic E-state index is 12.8. The quantitative estimate of drug-likeness (QED) is 0.836. The van der Waals surface area contributed by atoms with Gasteiger partial charge in [0.25, 0.3) is 0 Å². The van der Waals surface area contributed by atoms with Crippen molar-refractivity contribution in [1.29, 1.82) is 0 Å². The highest BCUT2D eigenvalue weighted by Crippen LogP contribution is 2.25. The van der Waals surface area contributed by atoms with Crippen LogP contribution in [0, 0.1) is 5.92 Å². The predicted molar refractivity (Wildman–Crippen MR) is 90.1 cm³/mol. The Hall–Kier alpha value is -2.13. The Morgan fingerprint density at radius 3 is 2.59 bits per heavy atom. The molecule has 2 atom stereocenters. The normalized spacial score (nSPS) is 21.7. The van der Waals surface area contributed by atoms with Gasteiger partial charge in [0.05, 0.1) is 0 Å². The third-order valence-corrected chi connectivity index (χ3v) is 4.35. The molecule has 1 heterocycles. The van der Waals surface area contributed by atoms with Crippen LogP contribution in [0.5, 0.6) is 0 Å². The number of carbonyl (C=O) groups is 1. The molecule has 3 heteroatoms. The van der Waals surface area contributed by atoms with Crippen molar-refractivity contribution in [2.75, 3.05) is 11.9 Å². The molecule has 3 nitrogen and oxygen atoms in total. The van der Waals surface area contributed by atoms with Crippen molar-refractivity contribution in [2.24, 2.45) is 11.7 Å². The molecule has 0 fully saturated rings. The van der Waals surface area contributed by atoms with Crippen LogP contribution in [0.2, 0.25) is 0 Å². The van der Waals surface area contributed by atoms with Crippen LogP contribution < -0.4 is 11.1 Å². The van der Waals surface area contributed by atoms with Gasteiger partial charge < -0.3 is 11.1 Å². The maximum absolute atomic E-state index is 12.8. The van der Waals surface area contributed by atoms with E-state index in [1.54, 1.807) is 0 Å². The fraction of sp³-hybridized carbons (Fsp3) is 0.316. The minimum Gasteiger partial charge on any atom is -0.383 e. The monoisotopic (exact) mass is 294 g/mol. The van der Waals surface area contributed by atoms with E-state index in [1.807, 2.05) is 42.5 Å². The first kappa shape index (κ1) is 14.8. The van der Waals surface area contributed by atoms with Crippen molar-refractivity contribution in [2.45, 2.75) is 25.3 Å². The number of benzene rings is 2. The first-order valence-corrected chi connectivity index (χ1v) is 7.90. The van der Waals surface area contributed by atoms with Crippen molar-refractivity contribution in [3.63, 3.8) is 0 Å². The Bertz CT molecular complexity index is 639. The zero-order valence-electron chi connectivity index (χ0n) is 12.7. The molecule has 0 bridgehead atoms. The van der Waals surface area contributed by atoms with Crippen molar-refractivity contribution in [3.05, 3.63) is 65.7 Å². The highest BCUT2D eigenvalue weighted by Gasteiger charge is 2.24. The molecule has 0 amide bonds. The number of para-hydroxylation sites is 1. The van der Waals surface area contributed by atoms with E-state index in [-0.39, 0.29) is 17.7 Å². The number of hydrogen-bond acceptors (Lipinski definition) is 3. The van der Waals surface area contributed by atoms with E-state index in [0.717, 1.165) is 30.5 Å². The van der Waals surface area contributed by atoms with Crippen molar-refractivity contribution < 1.29 is 4.79 Å². The highest BCUT2D eigenvalue weighted by molar-refractivity contribution is 5.97. The zero-order chi connectivity index (χ0) is 15.4. The van der Waals surface area contributed by atoms with Gasteiger partial charge in [-0.15, -0.1) is 0 Å². The summed E-state index contributed by atoms with van der Waals surface area (Å²) in [5.41, 5.74) is 9.42. The first-order chi connectivity index (χ1) is 10.7. The minimum atomic E-state index is -0.0104. The third kappa shape index (κ3) is 3.37. The van der Waals surface area contributed by atoms with E-state index in [0.29, 0.717) is 6.54 Å². The fourth-order valence-electron chi connectivity index (χ4n) is 3.12. The second kappa shape index (κ2) is 6.75. The van der Waals surface area contributed by atoms with Gasteiger partial charge in [0.15, 0.2) is 5.78 Å². The summed E-state index contributed by atoms with van der Waals surface area (Å²) in [6, 6.07) is 17.8. The lowest BCUT2D eigenvalue weighted by atomic mass is 9.87. The van der Waals surface area contributed by atoms with Crippen LogP contribution in [0.1, 0.15) is 28.8 Å². The third-order valence-electron chi connectivity index (χ3n) is 4.35. The topological polar surface area (TPSA) is 55.1 Å². The molecule has 0 spiro atoms. The molecular weight excluding hydrogens is 272 g/mol. The van der Waals surface area contributed by atoms with E-state index in [2.05, 4.69) is 17.4 Å². The minimum absolute atomic E-state index is 0.00893. The van der Waals surface area contributed by atoms with Crippen LogP contribution in [-0.2, 0) is 6.42 Å². The zero-order valence-corrected chi connectivity index (χ0v) is 12.7. The van der Waals surface area contributed by atoms with Gasteiger partial charge in [-0.05, 0) is 30.9 Å². The molecule has 0 aliphatic carbocycles. The lowest BCUT2D eigenvalue weighted by molar-refractivity contribution is 0.0902. The maximum Gasteiger partial charge on any atom is 0.166 e. The van der Waals surface area contributed by atoms with Crippen LogP contribution in [0.25, 0.3) is 0 Å². The summed E-state index contributed by atoms with van der Waals surface area (Å²) >= 11 is 0. The summed E-state index contributed by atoms with van der Waals surface area (Å²) in [6.07, 6.45) is 2.48. The van der Waals surface area contributed by atoms with E-state index in [1.165, 1.54) is 5.56 Å². The number of ketones is 1. The summed E-state index contributed by atoms with van der Waals surface area (Å²) in [4.78, 5) is 12.8. The van der Waals surface area contributed by atoms with Crippen molar-refractivity contribution in [1.82, 2.24) is 0 Å². The molecule has 2 unspecified atom stereocenters. The van der Waals surface area contributed by atoms with E-state index < -0.39 is 0 Å². The van der Waals surface area contributed by atoms with Crippen LogP contribution in [0.3, 0.4) is 0 Å². The summed E-state index contributed by atoms with van der Waals surface area (Å²) in [5.74, 6) is 0.209. The van der Waals surface area contributed by atoms with Crippen LogP contribution >= 0.6 is 0 Å². The second-order valence-corrected chi connectivity index (χ2v) is 6.00. The molecule has 1 aliphatic rings. The van der Waals surface area contributed by atoms with Gasteiger partial charge in [0, 0.05) is 29.8 Å². The van der Waals surface area contributed by atoms with Crippen molar-refractivity contribution in [3.8, 4) is 0 Å². The predicted octanol–water partition coefficient (Wildman–Crippen LogP) is 3.26. The van der Waals surface area contributed by atoms with Gasteiger partial charge in [-0.3, -0.25) is 4.79 Å². The van der Waals surface area contributed by atoms with Gasteiger partial charge >= 0.3 is 0 Å². The smallest absolute Gasteiger partial charge is 0.166 e. The summed E-state index contributed by atoms with van der Waals surface area (Å²) < 4.78 is 0. The molecule has 1 aliphatic heterocycles. The summed E-state index contributed by atoms with van der Waals surface area (Å²) in [7, 11) is 0. The van der Waals surface area contributed by atoms with Crippen LogP contribution in [0.4, 0.5) is 5.69 Å². The molecule has 0 saturated carbocycles. The average molecular weight is 294 g/mol. The lowest BCUT2D eigenvalue weighted by Gasteiger charge is -2.18. The second-order valence-electron chi connectivity index (χ2n) is 6.00. The Balaban J connectivity index is 1.82. The number of rotatable bonds is 2. The molecule has 114 valence electrons. The number of nitrogens with two attached hydrogens (primary N) is 1. The van der Waals surface area contributed by atoms with Gasteiger partial charge in [-0.2, -0.15) is 0 Å². The summed E-state index contributed by atoms with van der Waals surface area (Å²) in [5, 5.41) is 3.42. The molecule has 2 aromatic rings. The standard InChI is InChI=1S/C19H22N2O/c20-17-12-16(19(22)15-7-2-1-3-8-15)11-10-14-6-4-5-9-18(14)21-13-17/h1-9,16-17,21H,10-13,20H2. The molecule has 3 N–H and O–H groups in total. The Morgan fingerprint density at radius 2 is 1.77 bits per heavy atom. The molecule has 2 aromatic carbocycles. The Labute approximate surface area is 131 Å². The highest BCUT2D eigenvalue weighted by atomic mass is 16.1. The number of aryl methyl sites for hydroxylation is 1. The number of fused-ring (bicyclic) bond motifs is 1. The number of carbonyl (C=O) groups excluding carboxylic acids is 1. The molecule has 22 heavy (non-hydrogen) atoms. The van der Waals surface area contributed by atoms with E-state index in [9.17, 15) is 4.79 Å². The molecule has 3 rings (SSSR count). The summed E-state index contributed by atoms with van der Waals surface area (Å²) in [6.45, 7) is 0.704. The molecule has 0 aromatic heterocycles. The number of hydrogen-bond donors (Lipinski definition) is 2. The first-order valence-electron chi connectivity index (χ1n) is 7.90. The largest absolute Gasteiger partial charge is 0.383 e. The van der Waals surface area contributed by atoms with Gasteiger partial charge in [0.1, 0.15) is 0 Å². The van der Waals surface area contributed by atoms with Crippen LogP contribution in [-0.4, -0.2) is 18.4 Å². The molecular formula is C19H22N2O. The Kier molecular flexibility index (Phi) is 4.54. The van der Waals surface area contributed by atoms with E-state index >= 15 is 0 Å². The number of nitrogens with one attached hydrogen (secondary N) is 1. The number of anilines is 1. The van der Waals surface area contributed by atoms with Gasteiger partial charge in [0.2, 0.25) is 0 Å². The van der Waals surface area contributed by atoms with Gasteiger partial charge in [-0.1, -0.05) is 48.5 Å².